The van der Waals surface area contributed by atoms with Crippen molar-refractivity contribution in [3.8, 4) is 5.75 Å². The van der Waals surface area contributed by atoms with E-state index in [9.17, 15) is 0 Å². The number of ether oxygens (including phenoxy) is 1. The minimum Gasteiger partial charge on any atom is -0.497 e. The van der Waals surface area contributed by atoms with Gasteiger partial charge in [0.1, 0.15) is 5.75 Å². The van der Waals surface area contributed by atoms with Crippen LogP contribution in [0.25, 0.3) is 0 Å². The van der Waals surface area contributed by atoms with Gasteiger partial charge in [0.15, 0.2) is 0 Å². The summed E-state index contributed by atoms with van der Waals surface area (Å²) in [5, 5.41) is 4.50. The van der Waals surface area contributed by atoms with Crippen LogP contribution >= 0.6 is 11.3 Å². The molecule has 4 heteroatoms. The minimum absolute atomic E-state index is 0.823. The largest absolute Gasteiger partial charge is 0.497 e. The van der Waals surface area contributed by atoms with Gasteiger partial charge in [-0.1, -0.05) is 0 Å². The third-order valence-corrected chi connectivity index (χ3v) is 3.62. The number of hydrogen-bond donors (Lipinski definition) is 1. The molecule has 0 aliphatic carbocycles. The number of rotatable bonds is 4. The number of benzene rings is 1. The summed E-state index contributed by atoms with van der Waals surface area (Å²) in [5.41, 5.74) is 2.21. The third-order valence-electron chi connectivity index (χ3n) is 2.54. The third kappa shape index (κ3) is 2.97. The maximum atomic E-state index is 5.12. The van der Waals surface area contributed by atoms with E-state index in [0.717, 1.165) is 28.7 Å². The second-order valence-electron chi connectivity index (χ2n) is 3.82. The zero-order chi connectivity index (χ0) is 12.3. The molecule has 2 aromatic rings. The SMILES string of the molecule is COc1ccc(NCc2sc(C)nc2C)cc1. The Hall–Kier alpha value is -1.55. The Morgan fingerprint density at radius 1 is 1.24 bits per heavy atom. The summed E-state index contributed by atoms with van der Waals surface area (Å²) in [6.07, 6.45) is 0. The Kier molecular flexibility index (Phi) is 3.64. The first kappa shape index (κ1) is 11.9. The van der Waals surface area contributed by atoms with Crippen molar-refractivity contribution in [2.45, 2.75) is 20.4 Å². The lowest BCUT2D eigenvalue weighted by Crippen LogP contribution is -1.98. The Morgan fingerprint density at radius 2 is 1.94 bits per heavy atom. The van der Waals surface area contributed by atoms with Crippen molar-refractivity contribution in [1.82, 2.24) is 4.98 Å². The first-order chi connectivity index (χ1) is 8.19. The number of aromatic nitrogens is 1. The van der Waals surface area contributed by atoms with E-state index in [1.807, 2.05) is 31.2 Å². The van der Waals surface area contributed by atoms with Gasteiger partial charge in [0.25, 0.3) is 0 Å². The molecule has 1 N–H and O–H groups in total. The highest BCUT2D eigenvalue weighted by Crippen LogP contribution is 2.20. The molecular formula is C13H16N2OS. The summed E-state index contributed by atoms with van der Waals surface area (Å²) in [5.74, 6) is 0.875. The molecule has 1 aromatic heterocycles. The van der Waals surface area contributed by atoms with Crippen LogP contribution in [0.3, 0.4) is 0 Å². The highest BCUT2D eigenvalue weighted by molar-refractivity contribution is 7.11. The van der Waals surface area contributed by atoms with E-state index in [4.69, 9.17) is 4.74 Å². The number of anilines is 1. The quantitative estimate of drug-likeness (QED) is 0.900. The van der Waals surface area contributed by atoms with Gasteiger partial charge in [0.2, 0.25) is 0 Å². The van der Waals surface area contributed by atoms with Crippen molar-refractivity contribution >= 4 is 17.0 Å². The van der Waals surface area contributed by atoms with Gasteiger partial charge in [0, 0.05) is 10.6 Å². The molecule has 0 fully saturated rings. The first-order valence-corrected chi connectivity index (χ1v) is 6.31. The van der Waals surface area contributed by atoms with Gasteiger partial charge in [-0.2, -0.15) is 0 Å². The molecule has 17 heavy (non-hydrogen) atoms. The van der Waals surface area contributed by atoms with Crippen molar-refractivity contribution in [1.29, 1.82) is 0 Å². The smallest absolute Gasteiger partial charge is 0.119 e. The molecule has 0 bridgehead atoms. The van der Waals surface area contributed by atoms with Crippen LogP contribution in [0.4, 0.5) is 5.69 Å². The molecule has 1 heterocycles. The molecule has 0 aliphatic rings. The predicted molar refractivity (Wildman–Crippen MR) is 71.9 cm³/mol. The van der Waals surface area contributed by atoms with E-state index < -0.39 is 0 Å². The van der Waals surface area contributed by atoms with E-state index in [0.29, 0.717) is 0 Å². The number of methoxy groups -OCH3 is 1. The molecule has 2 rings (SSSR count). The first-order valence-electron chi connectivity index (χ1n) is 5.50. The Balaban J connectivity index is 1.99. The molecule has 0 saturated heterocycles. The van der Waals surface area contributed by atoms with Crippen LogP contribution in [-0.4, -0.2) is 12.1 Å². The van der Waals surface area contributed by atoms with Gasteiger partial charge >= 0.3 is 0 Å². The lowest BCUT2D eigenvalue weighted by atomic mass is 10.3. The average molecular weight is 248 g/mol. The van der Waals surface area contributed by atoms with E-state index >= 15 is 0 Å². The second kappa shape index (κ2) is 5.19. The highest BCUT2D eigenvalue weighted by Gasteiger charge is 2.04. The van der Waals surface area contributed by atoms with Gasteiger partial charge in [0.05, 0.1) is 24.4 Å². The fourth-order valence-corrected chi connectivity index (χ4v) is 2.51. The summed E-state index contributed by atoms with van der Waals surface area (Å²) in [6, 6.07) is 7.93. The molecule has 0 unspecified atom stereocenters. The zero-order valence-corrected chi connectivity index (χ0v) is 11.1. The molecule has 90 valence electrons. The molecule has 0 radical (unpaired) electrons. The standard InChI is InChI=1S/C13H16N2OS/c1-9-13(17-10(2)15-9)8-14-11-4-6-12(16-3)7-5-11/h4-7,14H,8H2,1-3H3. The molecule has 3 nitrogen and oxygen atoms in total. The maximum Gasteiger partial charge on any atom is 0.119 e. The number of thiazole rings is 1. The van der Waals surface area contributed by atoms with Crippen LogP contribution in [0, 0.1) is 13.8 Å². The molecule has 1 aromatic carbocycles. The van der Waals surface area contributed by atoms with Crippen molar-refractivity contribution in [3.63, 3.8) is 0 Å². The van der Waals surface area contributed by atoms with E-state index in [2.05, 4.69) is 17.2 Å². The van der Waals surface area contributed by atoms with Crippen molar-refractivity contribution < 1.29 is 4.74 Å². The zero-order valence-electron chi connectivity index (χ0n) is 10.3. The predicted octanol–water partition coefficient (Wildman–Crippen LogP) is 3.38. The summed E-state index contributed by atoms with van der Waals surface area (Å²) >= 11 is 1.74. The number of aryl methyl sites for hydroxylation is 2. The highest BCUT2D eigenvalue weighted by atomic mass is 32.1. The molecule has 0 aliphatic heterocycles. The van der Waals surface area contributed by atoms with Crippen LogP contribution in [0.15, 0.2) is 24.3 Å². The molecular weight excluding hydrogens is 232 g/mol. The van der Waals surface area contributed by atoms with E-state index in [-0.39, 0.29) is 0 Å². The second-order valence-corrected chi connectivity index (χ2v) is 5.11. The average Bonchev–Trinajstić information content (AvgIpc) is 2.66. The normalized spacial score (nSPS) is 10.3. The number of nitrogens with one attached hydrogen (secondary N) is 1. The molecule has 0 saturated carbocycles. The van der Waals surface area contributed by atoms with Crippen molar-refractivity contribution in [2.75, 3.05) is 12.4 Å². The summed E-state index contributed by atoms with van der Waals surface area (Å²) in [4.78, 5) is 5.70. The van der Waals surface area contributed by atoms with Crippen LogP contribution in [0.2, 0.25) is 0 Å². The van der Waals surface area contributed by atoms with E-state index in [1.54, 1.807) is 18.4 Å². The number of nitrogens with zero attached hydrogens (tertiary/aromatic N) is 1. The molecule has 0 atom stereocenters. The monoisotopic (exact) mass is 248 g/mol. The van der Waals surface area contributed by atoms with E-state index in [1.165, 1.54) is 4.88 Å². The van der Waals surface area contributed by atoms with Crippen LogP contribution in [0.5, 0.6) is 5.75 Å². The Bertz CT molecular complexity index is 491. The summed E-state index contributed by atoms with van der Waals surface area (Å²) in [6.45, 7) is 4.91. The topological polar surface area (TPSA) is 34.1 Å². The Morgan fingerprint density at radius 3 is 2.47 bits per heavy atom. The summed E-state index contributed by atoms with van der Waals surface area (Å²) in [7, 11) is 1.67. The fourth-order valence-electron chi connectivity index (χ4n) is 1.63. The lowest BCUT2D eigenvalue weighted by Gasteiger charge is -2.06. The number of hydrogen-bond acceptors (Lipinski definition) is 4. The van der Waals surface area contributed by atoms with Gasteiger partial charge in [-0.3, -0.25) is 0 Å². The van der Waals surface area contributed by atoms with Crippen LogP contribution in [-0.2, 0) is 6.54 Å². The molecule has 0 spiro atoms. The molecule has 0 amide bonds. The Labute approximate surface area is 105 Å². The van der Waals surface area contributed by atoms with Gasteiger partial charge in [-0.25, -0.2) is 4.98 Å². The van der Waals surface area contributed by atoms with Crippen LogP contribution < -0.4 is 10.1 Å². The summed E-state index contributed by atoms with van der Waals surface area (Å²) < 4.78 is 5.12. The van der Waals surface area contributed by atoms with Gasteiger partial charge in [-0.15, -0.1) is 11.3 Å². The van der Waals surface area contributed by atoms with Gasteiger partial charge < -0.3 is 10.1 Å². The van der Waals surface area contributed by atoms with Crippen molar-refractivity contribution in [3.05, 3.63) is 39.8 Å². The van der Waals surface area contributed by atoms with Crippen LogP contribution in [0.1, 0.15) is 15.6 Å². The minimum atomic E-state index is 0.823. The fraction of sp³-hybridized carbons (Fsp3) is 0.308. The lowest BCUT2D eigenvalue weighted by molar-refractivity contribution is 0.415. The maximum absolute atomic E-state index is 5.12. The van der Waals surface area contributed by atoms with Gasteiger partial charge in [-0.05, 0) is 38.1 Å². The van der Waals surface area contributed by atoms with Crippen molar-refractivity contribution in [2.24, 2.45) is 0 Å².